The number of H-pyrrole nitrogens is 1. The topological polar surface area (TPSA) is 56.3 Å². The lowest BCUT2D eigenvalue weighted by atomic mass is 10.1. The maximum atomic E-state index is 10.9. The molecular formula is C15H16N2O2. The zero-order chi connectivity index (χ0) is 13.2. The first-order valence-corrected chi connectivity index (χ1v) is 6.43. The normalized spacial score (nSPS) is 15.2. The number of carboxylic acids is 1. The molecule has 1 aliphatic heterocycles. The summed E-state index contributed by atoms with van der Waals surface area (Å²) in [5.41, 5.74) is 3.77. The van der Waals surface area contributed by atoms with E-state index in [2.05, 4.69) is 22.0 Å². The number of hydrogen-bond donors (Lipinski definition) is 2. The molecule has 0 saturated carbocycles. The van der Waals surface area contributed by atoms with Gasteiger partial charge in [0, 0.05) is 31.7 Å². The lowest BCUT2D eigenvalue weighted by Gasteiger charge is -2.26. The Morgan fingerprint density at radius 2 is 2.11 bits per heavy atom. The third-order valence-electron chi connectivity index (χ3n) is 3.54. The number of benzene rings is 1. The molecule has 1 aromatic carbocycles. The Balaban J connectivity index is 1.73. The highest BCUT2D eigenvalue weighted by Gasteiger charge is 2.20. The largest absolute Gasteiger partial charge is 0.477 e. The molecule has 0 unspecified atom stereocenters. The molecule has 2 aromatic rings. The average molecular weight is 256 g/mol. The first-order chi connectivity index (χ1) is 9.22. The average Bonchev–Trinajstić information content (AvgIpc) is 2.83. The molecule has 4 nitrogen and oxygen atoms in total. The van der Waals surface area contributed by atoms with Gasteiger partial charge in [0.2, 0.25) is 0 Å². The Kier molecular flexibility index (Phi) is 3.09. The van der Waals surface area contributed by atoms with E-state index in [1.165, 1.54) is 5.56 Å². The smallest absolute Gasteiger partial charge is 0.352 e. The van der Waals surface area contributed by atoms with Crippen molar-refractivity contribution in [2.24, 2.45) is 0 Å². The van der Waals surface area contributed by atoms with Crippen molar-refractivity contribution in [2.75, 3.05) is 6.54 Å². The van der Waals surface area contributed by atoms with Crippen molar-refractivity contribution in [3.8, 4) is 0 Å². The summed E-state index contributed by atoms with van der Waals surface area (Å²) in [7, 11) is 0. The van der Waals surface area contributed by atoms with Crippen molar-refractivity contribution in [3.05, 3.63) is 58.9 Å². The van der Waals surface area contributed by atoms with Crippen LogP contribution in [0.25, 0.3) is 0 Å². The molecule has 2 heterocycles. The van der Waals surface area contributed by atoms with E-state index >= 15 is 0 Å². The standard InChI is InChI=1S/C15H16N2O2/c18-15(19)14-8-12-10-17(7-6-13(12)16-14)9-11-4-2-1-3-5-11/h1-5,8,16H,6-7,9-10H2,(H,18,19). The van der Waals surface area contributed by atoms with Crippen LogP contribution >= 0.6 is 0 Å². The van der Waals surface area contributed by atoms with Gasteiger partial charge in [-0.1, -0.05) is 30.3 Å². The summed E-state index contributed by atoms with van der Waals surface area (Å²) in [5.74, 6) is -0.885. The van der Waals surface area contributed by atoms with Gasteiger partial charge in [-0.3, -0.25) is 4.90 Å². The molecule has 0 bridgehead atoms. The minimum Gasteiger partial charge on any atom is -0.477 e. The Labute approximate surface area is 111 Å². The monoisotopic (exact) mass is 256 g/mol. The van der Waals surface area contributed by atoms with E-state index in [-0.39, 0.29) is 0 Å². The number of fused-ring (bicyclic) bond motifs is 1. The third-order valence-corrected chi connectivity index (χ3v) is 3.54. The van der Waals surface area contributed by atoms with Crippen molar-refractivity contribution in [1.29, 1.82) is 0 Å². The molecule has 19 heavy (non-hydrogen) atoms. The first-order valence-electron chi connectivity index (χ1n) is 6.43. The van der Waals surface area contributed by atoms with E-state index in [0.717, 1.165) is 37.3 Å². The summed E-state index contributed by atoms with van der Waals surface area (Å²) in [6.45, 7) is 2.68. The number of carboxylic acid groups (broad SMARTS) is 1. The second-order valence-corrected chi connectivity index (χ2v) is 4.94. The molecule has 2 N–H and O–H groups in total. The van der Waals surface area contributed by atoms with Gasteiger partial charge in [0.05, 0.1) is 0 Å². The molecule has 0 atom stereocenters. The lowest BCUT2D eigenvalue weighted by Crippen LogP contribution is -2.29. The quantitative estimate of drug-likeness (QED) is 0.885. The van der Waals surface area contributed by atoms with Crippen LogP contribution in [0.1, 0.15) is 27.3 Å². The number of aromatic nitrogens is 1. The highest BCUT2D eigenvalue weighted by molar-refractivity contribution is 5.86. The highest BCUT2D eigenvalue weighted by Crippen LogP contribution is 2.21. The number of rotatable bonds is 3. The molecule has 4 heteroatoms. The van der Waals surface area contributed by atoms with Crippen LogP contribution in [0, 0.1) is 0 Å². The summed E-state index contributed by atoms with van der Waals surface area (Å²) in [6.07, 6.45) is 0.884. The molecular weight excluding hydrogens is 240 g/mol. The maximum absolute atomic E-state index is 10.9. The van der Waals surface area contributed by atoms with Crippen LogP contribution in [0.5, 0.6) is 0 Å². The van der Waals surface area contributed by atoms with E-state index in [4.69, 9.17) is 5.11 Å². The molecule has 0 amide bonds. The van der Waals surface area contributed by atoms with Crippen molar-refractivity contribution < 1.29 is 9.90 Å². The van der Waals surface area contributed by atoms with Gasteiger partial charge in [-0.05, 0) is 17.2 Å². The van der Waals surface area contributed by atoms with E-state index in [1.807, 2.05) is 18.2 Å². The number of aromatic carboxylic acids is 1. The van der Waals surface area contributed by atoms with Gasteiger partial charge >= 0.3 is 5.97 Å². The van der Waals surface area contributed by atoms with Crippen LogP contribution in [-0.2, 0) is 19.5 Å². The van der Waals surface area contributed by atoms with E-state index in [1.54, 1.807) is 6.07 Å². The third kappa shape index (κ3) is 2.53. The summed E-state index contributed by atoms with van der Waals surface area (Å²) in [6, 6.07) is 12.1. The molecule has 0 aliphatic carbocycles. The van der Waals surface area contributed by atoms with Crippen LogP contribution in [-0.4, -0.2) is 27.5 Å². The van der Waals surface area contributed by atoms with Crippen molar-refractivity contribution in [2.45, 2.75) is 19.5 Å². The molecule has 98 valence electrons. The molecule has 1 aliphatic rings. The zero-order valence-electron chi connectivity index (χ0n) is 10.6. The molecule has 0 saturated heterocycles. The van der Waals surface area contributed by atoms with Gasteiger partial charge in [0.15, 0.2) is 0 Å². The molecule has 1 aromatic heterocycles. The predicted molar refractivity (Wildman–Crippen MR) is 72.0 cm³/mol. The first kappa shape index (κ1) is 12.0. The van der Waals surface area contributed by atoms with Crippen molar-refractivity contribution >= 4 is 5.97 Å². The maximum Gasteiger partial charge on any atom is 0.352 e. The van der Waals surface area contributed by atoms with Crippen LogP contribution < -0.4 is 0 Å². The predicted octanol–water partition coefficient (Wildman–Crippen LogP) is 2.27. The summed E-state index contributed by atoms with van der Waals surface area (Å²) in [5, 5.41) is 8.99. The SMILES string of the molecule is O=C(O)c1cc2c([nH]1)CCN(Cc1ccccc1)C2. The fraction of sp³-hybridized carbons (Fsp3) is 0.267. The Bertz CT molecular complexity index is 589. The van der Waals surface area contributed by atoms with Gasteiger partial charge in [0.1, 0.15) is 5.69 Å². The number of carbonyl (C=O) groups is 1. The van der Waals surface area contributed by atoms with Crippen LogP contribution in [0.3, 0.4) is 0 Å². The van der Waals surface area contributed by atoms with Crippen LogP contribution in [0.4, 0.5) is 0 Å². The Morgan fingerprint density at radius 1 is 1.32 bits per heavy atom. The second kappa shape index (κ2) is 4.90. The van der Waals surface area contributed by atoms with Gasteiger partial charge in [-0.25, -0.2) is 4.79 Å². The van der Waals surface area contributed by atoms with E-state index in [0.29, 0.717) is 5.69 Å². The Hall–Kier alpha value is -2.07. The van der Waals surface area contributed by atoms with Crippen molar-refractivity contribution in [1.82, 2.24) is 9.88 Å². The van der Waals surface area contributed by atoms with Gasteiger partial charge in [0.25, 0.3) is 0 Å². The Morgan fingerprint density at radius 3 is 2.84 bits per heavy atom. The fourth-order valence-corrected chi connectivity index (χ4v) is 2.59. The number of aromatic amines is 1. The van der Waals surface area contributed by atoms with Gasteiger partial charge in [-0.15, -0.1) is 0 Å². The van der Waals surface area contributed by atoms with Crippen LogP contribution in [0.2, 0.25) is 0 Å². The summed E-state index contributed by atoms with van der Waals surface area (Å²) in [4.78, 5) is 16.3. The molecule has 0 radical (unpaired) electrons. The summed E-state index contributed by atoms with van der Waals surface area (Å²) >= 11 is 0. The number of nitrogens with zero attached hydrogens (tertiary/aromatic N) is 1. The van der Waals surface area contributed by atoms with Gasteiger partial charge < -0.3 is 10.1 Å². The fourth-order valence-electron chi connectivity index (χ4n) is 2.59. The molecule has 3 rings (SSSR count). The highest BCUT2D eigenvalue weighted by atomic mass is 16.4. The zero-order valence-corrected chi connectivity index (χ0v) is 10.6. The minimum atomic E-state index is -0.885. The molecule has 0 fully saturated rings. The summed E-state index contributed by atoms with van der Waals surface area (Å²) < 4.78 is 0. The van der Waals surface area contributed by atoms with E-state index in [9.17, 15) is 4.79 Å². The second-order valence-electron chi connectivity index (χ2n) is 4.94. The van der Waals surface area contributed by atoms with Crippen LogP contribution in [0.15, 0.2) is 36.4 Å². The van der Waals surface area contributed by atoms with Gasteiger partial charge in [-0.2, -0.15) is 0 Å². The lowest BCUT2D eigenvalue weighted by molar-refractivity contribution is 0.0691. The number of hydrogen-bond acceptors (Lipinski definition) is 2. The minimum absolute atomic E-state index is 0.298. The number of nitrogens with one attached hydrogen (secondary N) is 1. The molecule has 0 spiro atoms. The van der Waals surface area contributed by atoms with E-state index < -0.39 is 5.97 Å². The van der Waals surface area contributed by atoms with Crippen molar-refractivity contribution in [3.63, 3.8) is 0 Å².